The fourth-order valence-corrected chi connectivity index (χ4v) is 5.58. The third kappa shape index (κ3) is 4.84. The molecule has 1 aromatic heterocycles. The summed E-state index contributed by atoms with van der Waals surface area (Å²) in [4.78, 5) is 35.5. The lowest BCUT2D eigenvalue weighted by Crippen LogP contribution is -2.29. The van der Waals surface area contributed by atoms with E-state index in [0.29, 0.717) is 11.7 Å². The fourth-order valence-electron chi connectivity index (χ4n) is 4.53. The number of nitrogens with one attached hydrogen (secondary N) is 1. The Morgan fingerprint density at radius 1 is 1.12 bits per heavy atom. The minimum absolute atomic E-state index is 0.00520. The number of benzene rings is 2. The van der Waals surface area contributed by atoms with Crippen LogP contribution in [-0.4, -0.2) is 34.8 Å². The van der Waals surface area contributed by atoms with Crippen LogP contribution in [0.1, 0.15) is 35.0 Å². The van der Waals surface area contributed by atoms with E-state index >= 15 is 0 Å². The molecule has 6 nitrogen and oxygen atoms in total. The van der Waals surface area contributed by atoms with Crippen molar-refractivity contribution in [1.82, 2.24) is 9.88 Å². The molecule has 1 atom stereocenters. The van der Waals surface area contributed by atoms with Crippen LogP contribution in [0.2, 0.25) is 0 Å². The smallest absolute Gasteiger partial charge is 0.231 e. The first-order valence-electron chi connectivity index (χ1n) is 11.5. The zero-order valence-corrected chi connectivity index (χ0v) is 19.6. The molecule has 3 aromatic rings. The second kappa shape index (κ2) is 9.45. The lowest BCUT2D eigenvalue weighted by atomic mass is 10.1. The van der Waals surface area contributed by atoms with E-state index in [1.165, 1.54) is 16.0 Å². The van der Waals surface area contributed by atoms with E-state index in [2.05, 4.69) is 46.4 Å². The Morgan fingerprint density at radius 2 is 1.91 bits per heavy atom. The molecule has 2 aliphatic rings. The Labute approximate surface area is 198 Å². The van der Waals surface area contributed by atoms with Gasteiger partial charge in [0, 0.05) is 49.6 Å². The van der Waals surface area contributed by atoms with Crippen molar-refractivity contribution in [3.63, 3.8) is 0 Å². The number of aromatic nitrogens is 1. The average molecular weight is 461 g/mol. The topological polar surface area (TPSA) is 65.5 Å². The van der Waals surface area contributed by atoms with Gasteiger partial charge in [0.15, 0.2) is 5.13 Å². The highest BCUT2D eigenvalue weighted by molar-refractivity contribution is 7.15. The van der Waals surface area contributed by atoms with Gasteiger partial charge in [0.25, 0.3) is 0 Å². The molecule has 1 saturated heterocycles. The van der Waals surface area contributed by atoms with Crippen molar-refractivity contribution in [3.8, 4) is 0 Å². The van der Waals surface area contributed by atoms with Gasteiger partial charge in [0.2, 0.25) is 11.8 Å². The summed E-state index contributed by atoms with van der Waals surface area (Å²) in [6.45, 7) is 5.24. The summed E-state index contributed by atoms with van der Waals surface area (Å²) in [5, 5.41) is 3.63. The molecular formula is C26H28N4O2S. The minimum Gasteiger partial charge on any atom is -0.312 e. The number of aryl methyl sites for hydroxylation is 1. The van der Waals surface area contributed by atoms with Crippen molar-refractivity contribution in [2.24, 2.45) is 5.92 Å². The van der Waals surface area contributed by atoms with E-state index in [4.69, 9.17) is 0 Å². The largest absolute Gasteiger partial charge is 0.312 e. The van der Waals surface area contributed by atoms with Crippen molar-refractivity contribution in [2.45, 2.75) is 39.3 Å². The van der Waals surface area contributed by atoms with Crippen LogP contribution in [0.15, 0.2) is 54.6 Å². The van der Waals surface area contributed by atoms with Gasteiger partial charge in [0.1, 0.15) is 0 Å². The highest BCUT2D eigenvalue weighted by Crippen LogP contribution is 2.31. The van der Waals surface area contributed by atoms with Crippen molar-refractivity contribution in [1.29, 1.82) is 0 Å². The van der Waals surface area contributed by atoms with Crippen LogP contribution in [0.5, 0.6) is 0 Å². The first-order chi connectivity index (χ1) is 16.1. The zero-order valence-electron chi connectivity index (χ0n) is 18.8. The molecular weight excluding hydrogens is 432 g/mol. The van der Waals surface area contributed by atoms with Gasteiger partial charge >= 0.3 is 0 Å². The summed E-state index contributed by atoms with van der Waals surface area (Å²) >= 11 is 1.56. The molecule has 0 bridgehead atoms. The van der Waals surface area contributed by atoms with Crippen LogP contribution in [-0.2, 0) is 35.5 Å². The van der Waals surface area contributed by atoms with Gasteiger partial charge in [-0.1, -0.05) is 49.4 Å². The number of thiazole rings is 1. The zero-order chi connectivity index (χ0) is 22.8. The number of carbonyl (C=O) groups is 2. The number of rotatable bonds is 6. The molecule has 170 valence electrons. The molecule has 0 radical (unpaired) electrons. The predicted molar refractivity (Wildman–Crippen MR) is 131 cm³/mol. The second-order valence-corrected chi connectivity index (χ2v) is 9.83. The predicted octanol–water partition coefficient (Wildman–Crippen LogP) is 4.26. The van der Waals surface area contributed by atoms with Crippen LogP contribution in [0.4, 0.5) is 10.8 Å². The number of hydrogen-bond donors (Lipinski definition) is 1. The maximum absolute atomic E-state index is 12.9. The third-order valence-corrected chi connectivity index (χ3v) is 7.44. The van der Waals surface area contributed by atoms with Gasteiger partial charge < -0.3 is 10.2 Å². The molecule has 0 unspecified atom stereocenters. The van der Waals surface area contributed by atoms with Crippen molar-refractivity contribution >= 4 is 34.0 Å². The molecule has 5 rings (SSSR count). The lowest BCUT2D eigenvalue weighted by Gasteiger charge is -2.25. The Hall–Kier alpha value is -3.03. The summed E-state index contributed by atoms with van der Waals surface area (Å²) in [6, 6.07) is 18.5. The first-order valence-corrected chi connectivity index (χ1v) is 12.4. The van der Waals surface area contributed by atoms with Crippen LogP contribution >= 0.6 is 11.3 Å². The summed E-state index contributed by atoms with van der Waals surface area (Å²) in [5.74, 6) is -0.489. The summed E-state index contributed by atoms with van der Waals surface area (Å²) in [7, 11) is 0. The van der Waals surface area contributed by atoms with Crippen LogP contribution in [0, 0.1) is 5.92 Å². The molecule has 7 heteroatoms. The number of nitrogens with zero attached hydrogens (tertiary/aromatic N) is 3. The highest BCUT2D eigenvalue weighted by Gasteiger charge is 2.35. The average Bonchev–Trinajstić information content (AvgIpc) is 3.42. The monoisotopic (exact) mass is 460 g/mol. The Kier molecular flexibility index (Phi) is 6.24. The number of anilines is 2. The van der Waals surface area contributed by atoms with E-state index in [1.54, 1.807) is 16.2 Å². The molecule has 33 heavy (non-hydrogen) atoms. The first kappa shape index (κ1) is 21.8. The van der Waals surface area contributed by atoms with Crippen molar-refractivity contribution in [2.75, 3.05) is 23.3 Å². The molecule has 2 amide bonds. The van der Waals surface area contributed by atoms with Gasteiger partial charge in [-0.3, -0.25) is 14.5 Å². The van der Waals surface area contributed by atoms with Crippen LogP contribution < -0.4 is 10.2 Å². The Bertz CT molecular complexity index is 1140. The fraction of sp³-hybridized carbons (Fsp3) is 0.346. The molecule has 0 aliphatic carbocycles. The van der Waals surface area contributed by atoms with Gasteiger partial charge in [0.05, 0.1) is 11.6 Å². The highest BCUT2D eigenvalue weighted by atomic mass is 32.1. The van der Waals surface area contributed by atoms with Gasteiger partial charge in [-0.25, -0.2) is 4.98 Å². The third-order valence-electron chi connectivity index (χ3n) is 6.44. The van der Waals surface area contributed by atoms with E-state index in [1.807, 2.05) is 30.3 Å². The van der Waals surface area contributed by atoms with Gasteiger partial charge in [-0.2, -0.15) is 0 Å². The second-order valence-electron chi connectivity index (χ2n) is 8.75. The Morgan fingerprint density at radius 3 is 2.67 bits per heavy atom. The number of carbonyl (C=O) groups excluding carboxylic acids is 2. The maximum Gasteiger partial charge on any atom is 0.231 e. The standard InChI is InChI=1S/C26H28N4O2S/c1-2-18-8-10-21(11-9-18)30-16-20(14-24(30)31)25(32)28-26-27-22-12-13-29(17-23(22)33-26)15-19-6-4-3-5-7-19/h3-11,20H,2,12-17H2,1H3,(H,27,28,32)/t20-/m1/s1. The number of amides is 2. The quantitative estimate of drug-likeness (QED) is 0.597. The molecule has 0 spiro atoms. The van der Waals surface area contributed by atoms with E-state index < -0.39 is 0 Å². The SMILES string of the molecule is CCc1ccc(N2C[C@H](C(=O)Nc3nc4c(s3)CN(Cc3ccccc3)CC4)CC2=O)cc1. The molecule has 2 aliphatic heterocycles. The van der Waals surface area contributed by atoms with Crippen LogP contribution in [0.3, 0.4) is 0 Å². The molecule has 0 saturated carbocycles. The molecule has 1 N–H and O–H groups in total. The normalized spacial score (nSPS) is 18.4. The molecule has 2 aromatic carbocycles. The minimum atomic E-state index is -0.362. The van der Waals surface area contributed by atoms with E-state index in [0.717, 1.165) is 43.9 Å². The van der Waals surface area contributed by atoms with Gasteiger partial charge in [-0.15, -0.1) is 11.3 Å². The number of fused-ring (bicyclic) bond motifs is 1. The van der Waals surface area contributed by atoms with Crippen molar-refractivity contribution in [3.05, 3.63) is 76.3 Å². The molecule has 3 heterocycles. The summed E-state index contributed by atoms with van der Waals surface area (Å²) < 4.78 is 0. The van der Waals surface area contributed by atoms with E-state index in [9.17, 15) is 9.59 Å². The van der Waals surface area contributed by atoms with Crippen molar-refractivity contribution < 1.29 is 9.59 Å². The number of hydrogen-bond acceptors (Lipinski definition) is 5. The van der Waals surface area contributed by atoms with Gasteiger partial charge in [-0.05, 0) is 29.7 Å². The van der Waals surface area contributed by atoms with E-state index in [-0.39, 0.29) is 24.2 Å². The molecule has 1 fully saturated rings. The lowest BCUT2D eigenvalue weighted by molar-refractivity contribution is -0.122. The summed E-state index contributed by atoms with van der Waals surface area (Å²) in [6.07, 6.45) is 2.08. The Balaban J connectivity index is 1.20. The van der Waals surface area contributed by atoms with Crippen LogP contribution in [0.25, 0.3) is 0 Å². The summed E-state index contributed by atoms with van der Waals surface area (Å²) in [5.41, 5.74) is 4.48. The maximum atomic E-state index is 12.9.